The molecule has 0 amide bonds. The van der Waals surface area contributed by atoms with Gasteiger partial charge in [0.2, 0.25) is 0 Å². The molecule has 0 spiro atoms. The molecular formula is C8H15BrN2O2. The summed E-state index contributed by atoms with van der Waals surface area (Å²) in [7, 11) is 0. The third kappa shape index (κ3) is 4.59. The number of alkyl halides is 1. The molecule has 1 aliphatic heterocycles. The van der Waals surface area contributed by atoms with E-state index in [4.69, 9.17) is 4.74 Å². The van der Waals surface area contributed by atoms with Gasteiger partial charge >= 0.3 is 5.97 Å². The van der Waals surface area contributed by atoms with Crippen molar-refractivity contribution in [2.24, 2.45) is 0 Å². The average molecular weight is 251 g/mol. The first-order valence-electron chi connectivity index (χ1n) is 4.47. The number of ether oxygens (including phenoxy) is 1. The van der Waals surface area contributed by atoms with Crippen LogP contribution in [-0.2, 0) is 9.53 Å². The standard InChI is InChI=1S/C8H15BrN2O2/c9-7-8(12)13-6-5-11-3-1-10-2-4-11/h10H,1-7H2. The molecule has 76 valence electrons. The molecule has 0 saturated carbocycles. The third-order valence-corrected chi connectivity index (χ3v) is 2.45. The number of nitrogens with one attached hydrogen (secondary N) is 1. The van der Waals surface area contributed by atoms with Gasteiger partial charge in [-0.1, -0.05) is 15.9 Å². The molecule has 13 heavy (non-hydrogen) atoms. The molecule has 0 bridgehead atoms. The zero-order chi connectivity index (χ0) is 9.52. The summed E-state index contributed by atoms with van der Waals surface area (Å²) < 4.78 is 4.95. The lowest BCUT2D eigenvalue weighted by molar-refractivity contribution is -0.140. The van der Waals surface area contributed by atoms with Crippen molar-refractivity contribution in [2.75, 3.05) is 44.7 Å². The molecule has 0 aliphatic carbocycles. The van der Waals surface area contributed by atoms with Crippen molar-refractivity contribution in [2.45, 2.75) is 0 Å². The van der Waals surface area contributed by atoms with Gasteiger partial charge in [-0.2, -0.15) is 0 Å². The molecule has 1 N–H and O–H groups in total. The van der Waals surface area contributed by atoms with Crippen molar-refractivity contribution < 1.29 is 9.53 Å². The van der Waals surface area contributed by atoms with Crippen LogP contribution in [0.1, 0.15) is 0 Å². The van der Waals surface area contributed by atoms with Gasteiger partial charge in [-0.05, 0) is 0 Å². The lowest BCUT2D eigenvalue weighted by atomic mass is 10.4. The summed E-state index contributed by atoms with van der Waals surface area (Å²) in [5.41, 5.74) is 0. The fraction of sp³-hybridized carbons (Fsp3) is 0.875. The highest BCUT2D eigenvalue weighted by atomic mass is 79.9. The molecule has 1 aliphatic rings. The van der Waals surface area contributed by atoms with Crippen molar-refractivity contribution in [3.8, 4) is 0 Å². The number of nitrogens with zero attached hydrogens (tertiary/aromatic N) is 1. The molecule has 0 aromatic rings. The summed E-state index contributed by atoms with van der Waals surface area (Å²) in [4.78, 5) is 13.0. The third-order valence-electron chi connectivity index (χ3n) is 1.99. The minimum absolute atomic E-state index is 0.185. The molecule has 0 aromatic carbocycles. The Morgan fingerprint density at radius 1 is 1.46 bits per heavy atom. The summed E-state index contributed by atoms with van der Waals surface area (Å²) in [6, 6.07) is 0. The Bertz CT molecular complexity index is 160. The van der Waals surface area contributed by atoms with Crippen LogP contribution in [-0.4, -0.2) is 55.5 Å². The fourth-order valence-corrected chi connectivity index (χ4v) is 1.42. The molecule has 1 fully saturated rings. The minimum Gasteiger partial charge on any atom is -0.464 e. The Hall–Kier alpha value is -0.130. The van der Waals surface area contributed by atoms with E-state index in [0.29, 0.717) is 6.61 Å². The highest BCUT2D eigenvalue weighted by Crippen LogP contribution is 1.92. The number of carbonyl (C=O) groups is 1. The Labute approximate surface area is 86.7 Å². The second-order valence-electron chi connectivity index (χ2n) is 2.95. The minimum atomic E-state index is -0.185. The zero-order valence-corrected chi connectivity index (χ0v) is 9.18. The van der Waals surface area contributed by atoms with Crippen molar-refractivity contribution >= 4 is 21.9 Å². The van der Waals surface area contributed by atoms with Crippen molar-refractivity contribution in [1.82, 2.24) is 10.2 Å². The van der Waals surface area contributed by atoms with Gasteiger partial charge in [-0.15, -0.1) is 0 Å². The van der Waals surface area contributed by atoms with Crippen LogP contribution in [0.5, 0.6) is 0 Å². The summed E-state index contributed by atoms with van der Waals surface area (Å²) in [5.74, 6) is -0.185. The van der Waals surface area contributed by atoms with Crippen LogP contribution in [0.15, 0.2) is 0 Å². The maximum absolute atomic E-state index is 10.8. The van der Waals surface area contributed by atoms with Crippen molar-refractivity contribution in [1.29, 1.82) is 0 Å². The number of rotatable bonds is 4. The van der Waals surface area contributed by atoms with Crippen LogP contribution in [0.25, 0.3) is 0 Å². The monoisotopic (exact) mass is 250 g/mol. The maximum Gasteiger partial charge on any atom is 0.316 e. The van der Waals surface area contributed by atoms with E-state index in [9.17, 15) is 4.79 Å². The van der Waals surface area contributed by atoms with Gasteiger partial charge in [-0.25, -0.2) is 0 Å². The highest BCUT2D eigenvalue weighted by Gasteiger charge is 2.09. The van der Waals surface area contributed by atoms with Gasteiger partial charge in [0, 0.05) is 32.7 Å². The molecule has 1 heterocycles. The molecule has 0 aromatic heterocycles. The predicted octanol–water partition coefficient (Wildman–Crippen LogP) is -0.170. The maximum atomic E-state index is 10.8. The van der Waals surface area contributed by atoms with Gasteiger partial charge in [0.25, 0.3) is 0 Å². The summed E-state index contributed by atoms with van der Waals surface area (Å²) >= 11 is 3.04. The average Bonchev–Trinajstić information content (AvgIpc) is 2.19. The normalized spacial score (nSPS) is 18.5. The highest BCUT2D eigenvalue weighted by molar-refractivity contribution is 9.09. The van der Waals surface area contributed by atoms with E-state index in [0.717, 1.165) is 32.7 Å². The fourth-order valence-electron chi connectivity index (χ4n) is 1.26. The zero-order valence-electron chi connectivity index (χ0n) is 7.59. The number of piperazine rings is 1. The second-order valence-corrected chi connectivity index (χ2v) is 3.51. The molecule has 5 heteroatoms. The number of esters is 1. The number of halogens is 1. The van der Waals surface area contributed by atoms with Crippen LogP contribution in [0.2, 0.25) is 0 Å². The summed E-state index contributed by atoms with van der Waals surface area (Å²) in [5, 5.41) is 3.55. The smallest absolute Gasteiger partial charge is 0.316 e. The van der Waals surface area contributed by atoms with Crippen molar-refractivity contribution in [3.63, 3.8) is 0 Å². The van der Waals surface area contributed by atoms with E-state index in [1.54, 1.807) is 0 Å². The first kappa shape index (κ1) is 10.9. The van der Waals surface area contributed by atoms with Crippen LogP contribution in [0.4, 0.5) is 0 Å². The van der Waals surface area contributed by atoms with Gasteiger partial charge < -0.3 is 10.1 Å². The number of hydrogen-bond donors (Lipinski definition) is 1. The van der Waals surface area contributed by atoms with E-state index in [-0.39, 0.29) is 11.3 Å². The van der Waals surface area contributed by atoms with Crippen LogP contribution >= 0.6 is 15.9 Å². The Kier molecular flexibility index (Phi) is 5.34. The molecule has 4 nitrogen and oxygen atoms in total. The Balaban J connectivity index is 2.01. The molecule has 1 saturated heterocycles. The van der Waals surface area contributed by atoms with Crippen LogP contribution in [0.3, 0.4) is 0 Å². The SMILES string of the molecule is O=C(CBr)OCCN1CCNCC1. The van der Waals surface area contributed by atoms with Crippen molar-refractivity contribution in [3.05, 3.63) is 0 Å². The van der Waals surface area contributed by atoms with E-state index in [1.807, 2.05) is 0 Å². The molecular weight excluding hydrogens is 236 g/mol. The quantitative estimate of drug-likeness (QED) is 0.556. The van der Waals surface area contributed by atoms with E-state index in [2.05, 4.69) is 26.1 Å². The first-order valence-corrected chi connectivity index (χ1v) is 5.59. The molecule has 0 atom stereocenters. The number of hydrogen-bond acceptors (Lipinski definition) is 4. The first-order chi connectivity index (χ1) is 6.33. The van der Waals surface area contributed by atoms with Gasteiger partial charge in [0.15, 0.2) is 0 Å². The van der Waals surface area contributed by atoms with E-state index in [1.165, 1.54) is 0 Å². The second kappa shape index (κ2) is 6.34. The van der Waals surface area contributed by atoms with Gasteiger partial charge in [0.1, 0.15) is 11.9 Å². The lowest BCUT2D eigenvalue weighted by Gasteiger charge is -2.26. The molecule has 0 unspecified atom stereocenters. The Morgan fingerprint density at radius 2 is 2.15 bits per heavy atom. The Morgan fingerprint density at radius 3 is 2.77 bits per heavy atom. The topological polar surface area (TPSA) is 41.6 Å². The summed E-state index contributed by atoms with van der Waals surface area (Å²) in [6.45, 7) is 5.52. The van der Waals surface area contributed by atoms with Gasteiger partial charge in [0.05, 0.1) is 0 Å². The van der Waals surface area contributed by atoms with Crippen LogP contribution in [0, 0.1) is 0 Å². The van der Waals surface area contributed by atoms with E-state index >= 15 is 0 Å². The largest absolute Gasteiger partial charge is 0.464 e. The van der Waals surface area contributed by atoms with E-state index < -0.39 is 0 Å². The summed E-state index contributed by atoms with van der Waals surface area (Å²) in [6.07, 6.45) is 0. The number of carbonyl (C=O) groups excluding carboxylic acids is 1. The van der Waals surface area contributed by atoms with Gasteiger partial charge in [-0.3, -0.25) is 9.69 Å². The molecule has 0 radical (unpaired) electrons. The van der Waals surface area contributed by atoms with Crippen LogP contribution < -0.4 is 5.32 Å². The lowest BCUT2D eigenvalue weighted by Crippen LogP contribution is -2.44. The molecule has 1 rings (SSSR count). The predicted molar refractivity (Wildman–Crippen MR) is 54.1 cm³/mol.